The number of hydrazone groups is 1. The Bertz CT molecular complexity index is 1100. The second kappa shape index (κ2) is 9.62. The van der Waals surface area contributed by atoms with Gasteiger partial charge in [-0.05, 0) is 64.8 Å². The van der Waals surface area contributed by atoms with E-state index in [9.17, 15) is 9.59 Å². The fraction of sp³-hybridized carbons (Fsp3) is 0.0455. The van der Waals surface area contributed by atoms with Crippen molar-refractivity contribution < 1.29 is 14.3 Å². The number of rotatable bonds is 5. The van der Waals surface area contributed by atoms with Gasteiger partial charge in [-0.25, -0.2) is 10.2 Å². The van der Waals surface area contributed by atoms with Crippen LogP contribution in [0.4, 0.5) is 0 Å². The number of hydrogen-bond donors (Lipinski definition) is 1. The van der Waals surface area contributed by atoms with Crippen LogP contribution in [0.2, 0.25) is 0 Å². The molecule has 0 aliphatic rings. The zero-order valence-electron chi connectivity index (χ0n) is 15.4. The first-order chi connectivity index (χ1) is 14.0. The number of esters is 1. The first-order valence-electron chi connectivity index (χ1n) is 8.61. The van der Waals surface area contributed by atoms with Crippen molar-refractivity contribution >= 4 is 50.0 Å². The van der Waals surface area contributed by atoms with Crippen LogP contribution in [0.1, 0.15) is 31.8 Å². The van der Waals surface area contributed by atoms with E-state index in [4.69, 9.17) is 4.74 Å². The Labute approximate surface area is 185 Å². The van der Waals surface area contributed by atoms with Crippen molar-refractivity contribution in [2.24, 2.45) is 5.10 Å². The smallest absolute Gasteiger partial charge is 0.343 e. The molecule has 3 rings (SSSR count). The molecule has 0 atom stereocenters. The molecule has 0 saturated carbocycles. The fourth-order valence-electron chi connectivity index (χ4n) is 2.54. The van der Waals surface area contributed by atoms with Gasteiger partial charge in [0, 0.05) is 14.5 Å². The normalized spacial score (nSPS) is 10.7. The molecule has 0 unspecified atom stereocenters. The van der Waals surface area contributed by atoms with Gasteiger partial charge < -0.3 is 4.74 Å². The number of amides is 1. The lowest BCUT2D eigenvalue weighted by Crippen LogP contribution is -2.18. The van der Waals surface area contributed by atoms with E-state index in [-0.39, 0.29) is 5.91 Å². The summed E-state index contributed by atoms with van der Waals surface area (Å²) in [6.07, 6.45) is 1.43. The highest BCUT2D eigenvalue weighted by Crippen LogP contribution is 2.23. The summed E-state index contributed by atoms with van der Waals surface area (Å²) < 4.78 is 7.01. The van der Waals surface area contributed by atoms with Crippen molar-refractivity contribution in [2.45, 2.75) is 6.92 Å². The third-order valence-electron chi connectivity index (χ3n) is 4.03. The van der Waals surface area contributed by atoms with Crippen LogP contribution in [0.15, 0.2) is 80.8 Å². The summed E-state index contributed by atoms with van der Waals surface area (Å²) in [7, 11) is 0. The number of benzene rings is 3. The van der Waals surface area contributed by atoms with Crippen LogP contribution in [0.3, 0.4) is 0 Å². The SMILES string of the molecule is Cc1ccccc1C(=O)Oc1ccc(Br)cc1/C=N\NC(=O)c1ccccc1Br. The maximum absolute atomic E-state index is 12.5. The topological polar surface area (TPSA) is 67.8 Å². The first kappa shape index (κ1) is 21.0. The first-order valence-corrected chi connectivity index (χ1v) is 10.2. The van der Waals surface area contributed by atoms with Crippen molar-refractivity contribution in [3.8, 4) is 5.75 Å². The number of halogens is 2. The number of aryl methyl sites for hydroxylation is 1. The van der Waals surface area contributed by atoms with E-state index < -0.39 is 5.97 Å². The molecular formula is C22H16Br2N2O3. The van der Waals surface area contributed by atoms with Crippen LogP contribution >= 0.6 is 31.9 Å². The number of carbonyl (C=O) groups excluding carboxylic acids is 2. The summed E-state index contributed by atoms with van der Waals surface area (Å²) in [6, 6.07) is 19.4. The average molecular weight is 516 g/mol. The van der Waals surface area contributed by atoms with E-state index >= 15 is 0 Å². The monoisotopic (exact) mass is 514 g/mol. The third-order valence-corrected chi connectivity index (χ3v) is 5.21. The predicted octanol–water partition coefficient (Wildman–Crippen LogP) is 5.50. The van der Waals surface area contributed by atoms with E-state index in [1.54, 1.807) is 48.5 Å². The summed E-state index contributed by atoms with van der Waals surface area (Å²) in [5.74, 6) is -0.486. The molecule has 0 heterocycles. The lowest BCUT2D eigenvalue weighted by atomic mass is 10.1. The molecule has 0 aliphatic carbocycles. The van der Waals surface area contributed by atoms with Gasteiger partial charge in [-0.2, -0.15) is 5.10 Å². The van der Waals surface area contributed by atoms with Gasteiger partial charge in [-0.1, -0.05) is 46.3 Å². The molecule has 0 bridgehead atoms. The highest BCUT2D eigenvalue weighted by Gasteiger charge is 2.14. The average Bonchev–Trinajstić information content (AvgIpc) is 2.70. The molecule has 1 N–H and O–H groups in total. The predicted molar refractivity (Wildman–Crippen MR) is 119 cm³/mol. The molecule has 0 aliphatic heterocycles. The lowest BCUT2D eigenvalue weighted by molar-refractivity contribution is 0.0733. The number of carbonyl (C=O) groups is 2. The molecule has 146 valence electrons. The second-order valence-corrected chi connectivity index (χ2v) is 7.84. The van der Waals surface area contributed by atoms with E-state index in [0.29, 0.717) is 26.9 Å². The van der Waals surface area contributed by atoms with Crippen LogP contribution in [0.5, 0.6) is 5.75 Å². The zero-order valence-corrected chi connectivity index (χ0v) is 18.5. The molecule has 0 radical (unpaired) electrons. The zero-order chi connectivity index (χ0) is 20.8. The van der Waals surface area contributed by atoms with Gasteiger partial charge in [0.1, 0.15) is 5.75 Å². The van der Waals surface area contributed by atoms with Crippen LogP contribution < -0.4 is 10.2 Å². The van der Waals surface area contributed by atoms with Gasteiger partial charge in [0.05, 0.1) is 17.3 Å². The molecule has 0 fully saturated rings. The minimum absolute atomic E-state index is 0.334. The minimum atomic E-state index is -0.461. The maximum Gasteiger partial charge on any atom is 0.343 e. The van der Waals surface area contributed by atoms with Crippen molar-refractivity contribution in [1.29, 1.82) is 0 Å². The molecular weight excluding hydrogens is 500 g/mol. The molecule has 0 spiro atoms. The molecule has 29 heavy (non-hydrogen) atoms. The van der Waals surface area contributed by atoms with Crippen molar-refractivity contribution in [2.75, 3.05) is 0 Å². The quantitative estimate of drug-likeness (QED) is 0.211. The van der Waals surface area contributed by atoms with E-state index in [1.807, 2.05) is 25.1 Å². The molecule has 7 heteroatoms. The summed E-state index contributed by atoms with van der Waals surface area (Å²) in [4.78, 5) is 24.8. The van der Waals surface area contributed by atoms with Crippen LogP contribution in [-0.2, 0) is 0 Å². The lowest BCUT2D eigenvalue weighted by Gasteiger charge is -2.09. The standard InChI is InChI=1S/C22H16Br2N2O3/c1-14-6-2-3-7-17(14)22(28)29-20-11-10-16(23)12-15(20)13-25-26-21(27)18-8-4-5-9-19(18)24/h2-13H,1H3,(H,26,27)/b25-13-. The molecule has 0 saturated heterocycles. The highest BCUT2D eigenvalue weighted by molar-refractivity contribution is 9.10. The van der Waals surface area contributed by atoms with Crippen molar-refractivity contribution in [3.63, 3.8) is 0 Å². The summed E-state index contributed by atoms with van der Waals surface area (Å²) in [6.45, 7) is 1.85. The Morgan fingerprint density at radius 3 is 2.38 bits per heavy atom. The van der Waals surface area contributed by atoms with E-state index in [0.717, 1.165) is 10.0 Å². The Hall–Kier alpha value is -2.77. The number of nitrogens with one attached hydrogen (secondary N) is 1. The highest BCUT2D eigenvalue weighted by atomic mass is 79.9. The Kier molecular flexibility index (Phi) is 6.95. The molecule has 1 amide bonds. The minimum Gasteiger partial charge on any atom is -0.422 e. The Balaban J connectivity index is 1.77. The second-order valence-electron chi connectivity index (χ2n) is 6.07. The fourth-order valence-corrected chi connectivity index (χ4v) is 3.38. The van der Waals surface area contributed by atoms with E-state index in [2.05, 4.69) is 42.4 Å². The number of nitrogens with zero attached hydrogens (tertiary/aromatic N) is 1. The van der Waals surface area contributed by atoms with Crippen molar-refractivity contribution in [1.82, 2.24) is 5.43 Å². The van der Waals surface area contributed by atoms with Crippen LogP contribution in [-0.4, -0.2) is 18.1 Å². The van der Waals surface area contributed by atoms with Gasteiger partial charge in [0.2, 0.25) is 0 Å². The van der Waals surface area contributed by atoms with E-state index in [1.165, 1.54) is 6.21 Å². The van der Waals surface area contributed by atoms with Gasteiger partial charge >= 0.3 is 5.97 Å². The third kappa shape index (κ3) is 5.40. The van der Waals surface area contributed by atoms with Gasteiger partial charge in [-0.15, -0.1) is 0 Å². The number of ether oxygens (including phenoxy) is 1. The Morgan fingerprint density at radius 2 is 1.66 bits per heavy atom. The van der Waals surface area contributed by atoms with Crippen LogP contribution in [0, 0.1) is 6.92 Å². The Morgan fingerprint density at radius 1 is 0.966 bits per heavy atom. The van der Waals surface area contributed by atoms with Crippen LogP contribution in [0.25, 0.3) is 0 Å². The summed E-state index contributed by atoms with van der Waals surface area (Å²) in [5.41, 5.74) is 4.78. The molecule has 5 nitrogen and oxygen atoms in total. The van der Waals surface area contributed by atoms with Gasteiger partial charge in [0.15, 0.2) is 0 Å². The van der Waals surface area contributed by atoms with Gasteiger partial charge in [0.25, 0.3) is 5.91 Å². The molecule has 0 aromatic heterocycles. The summed E-state index contributed by atoms with van der Waals surface area (Å²) in [5, 5.41) is 4.00. The molecule has 3 aromatic carbocycles. The maximum atomic E-state index is 12.5. The summed E-state index contributed by atoms with van der Waals surface area (Å²) >= 11 is 6.72. The largest absolute Gasteiger partial charge is 0.422 e. The number of hydrogen-bond acceptors (Lipinski definition) is 4. The van der Waals surface area contributed by atoms with Gasteiger partial charge in [-0.3, -0.25) is 4.79 Å². The van der Waals surface area contributed by atoms with Crippen molar-refractivity contribution in [3.05, 3.63) is 97.9 Å². The molecule has 3 aromatic rings.